The summed E-state index contributed by atoms with van der Waals surface area (Å²) in [5.74, 6) is 0.942. The molecule has 0 aromatic heterocycles. The first-order chi connectivity index (χ1) is 3.81. The molecule has 0 aromatic rings. The minimum Gasteiger partial charge on any atom is -0.311 e. The van der Waals surface area contributed by atoms with E-state index in [2.05, 4.69) is 12.2 Å². The van der Waals surface area contributed by atoms with Crippen molar-refractivity contribution < 1.29 is 0 Å². The topological polar surface area (TPSA) is 12.0 Å². The number of hydrogen-bond donors (Lipinski definition) is 1. The van der Waals surface area contributed by atoms with Crippen LogP contribution in [0.15, 0.2) is 0 Å². The third-order valence-corrected chi connectivity index (χ3v) is 2.42. The molecule has 0 amide bonds. The summed E-state index contributed by atoms with van der Waals surface area (Å²) in [6.07, 6.45) is 4.32. The zero-order valence-corrected chi connectivity index (χ0v) is 5.41. The van der Waals surface area contributed by atoms with Gasteiger partial charge in [0.25, 0.3) is 0 Å². The second kappa shape index (κ2) is 1.27. The molecule has 0 bridgehead atoms. The highest BCUT2D eigenvalue weighted by Crippen LogP contribution is 2.44. The van der Waals surface area contributed by atoms with Crippen molar-refractivity contribution in [1.82, 2.24) is 5.32 Å². The van der Waals surface area contributed by atoms with Gasteiger partial charge in [-0.15, -0.1) is 0 Å². The maximum Gasteiger partial charge on any atom is 0.0186 e. The average molecular weight is 111 g/mol. The zero-order chi connectivity index (χ0) is 5.61. The summed E-state index contributed by atoms with van der Waals surface area (Å²) >= 11 is 0. The van der Waals surface area contributed by atoms with E-state index in [0.717, 1.165) is 5.92 Å². The first-order valence-electron chi connectivity index (χ1n) is 3.56. The Balaban J connectivity index is 2.03. The number of nitrogens with one attached hydrogen (secondary N) is 1. The van der Waals surface area contributed by atoms with Gasteiger partial charge in [-0.05, 0) is 31.7 Å². The van der Waals surface area contributed by atoms with E-state index in [4.69, 9.17) is 0 Å². The first-order valence-corrected chi connectivity index (χ1v) is 3.56. The Labute approximate surface area is 50.5 Å². The van der Waals surface area contributed by atoms with Gasteiger partial charge in [0.05, 0.1) is 0 Å². The normalized spacial score (nSPS) is 40.9. The molecule has 8 heavy (non-hydrogen) atoms. The maximum absolute atomic E-state index is 3.56. The highest BCUT2D eigenvalue weighted by Gasteiger charge is 2.46. The van der Waals surface area contributed by atoms with Crippen molar-refractivity contribution >= 4 is 0 Å². The molecule has 1 N–H and O–H groups in total. The fraction of sp³-hybridized carbons (Fsp3) is 1.00. The summed E-state index contributed by atoms with van der Waals surface area (Å²) in [6.45, 7) is 3.60. The lowest BCUT2D eigenvalue weighted by Gasteiger charge is -2.01. The Morgan fingerprint density at radius 2 is 2.25 bits per heavy atom. The van der Waals surface area contributed by atoms with Crippen LogP contribution in [-0.2, 0) is 0 Å². The molecule has 46 valence electrons. The molecule has 2 aliphatic rings. The van der Waals surface area contributed by atoms with Crippen LogP contribution in [0.1, 0.15) is 26.2 Å². The lowest BCUT2D eigenvalue weighted by Crippen LogP contribution is -2.22. The van der Waals surface area contributed by atoms with Crippen LogP contribution < -0.4 is 5.32 Å². The third-order valence-electron chi connectivity index (χ3n) is 2.42. The maximum atomic E-state index is 3.56. The van der Waals surface area contributed by atoms with Gasteiger partial charge in [-0.1, -0.05) is 6.92 Å². The van der Waals surface area contributed by atoms with E-state index in [9.17, 15) is 0 Å². The number of rotatable bonds is 0. The highest BCUT2D eigenvalue weighted by molar-refractivity contribution is 5.06. The standard InChI is InChI=1S/C7H13N/c1-6-4-7(2-3-7)8-5-6/h6,8H,2-5H2,1H3. The Morgan fingerprint density at radius 1 is 1.50 bits per heavy atom. The minimum absolute atomic E-state index is 0.666. The van der Waals surface area contributed by atoms with Crippen LogP contribution in [0.25, 0.3) is 0 Å². The highest BCUT2D eigenvalue weighted by atomic mass is 15.1. The van der Waals surface area contributed by atoms with Crippen LogP contribution in [0.2, 0.25) is 0 Å². The third kappa shape index (κ3) is 0.576. The van der Waals surface area contributed by atoms with Gasteiger partial charge in [0.1, 0.15) is 0 Å². The predicted molar refractivity (Wildman–Crippen MR) is 33.7 cm³/mol. The smallest absolute Gasteiger partial charge is 0.0186 e. The van der Waals surface area contributed by atoms with Gasteiger partial charge in [-0.25, -0.2) is 0 Å². The molecule has 1 atom stereocenters. The molecule has 1 saturated heterocycles. The molecule has 1 heteroatoms. The van der Waals surface area contributed by atoms with Crippen molar-refractivity contribution in [2.24, 2.45) is 5.92 Å². The molecule has 1 aliphatic heterocycles. The molecule has 1 nitrogen and oxygen atoms in total. The van der Waals surface area contributed by atoms with Gasteiger partial charge in [0, 0.05) is 5.54 Å². The molecular weight excluding hydrogens is 98.1 g/mol. The van der Waals surface area contributed by atoms with Crippen LogP contribution >= 0.6 is 0 Å². The molecule has 1 heterocycles. The van der Waals surface area contributed by atoms with Crippen LogP contribution in [0.4, 0.5) is 0 Å². The van der Waals surface area contributed by atoms with Crippen molar-refractivity contribution in [3.63, 3.8) is 0 Å². The first kappa shape index (κ1) is 4.80. The predicted octanol–water partition coefficient (Wildman–Crippen LogP) is 1.15. The van der Waals surface area contributed by atoms with E-state index < -0.39 is 0 Å². The van der Waals surface area contributed by atoms with Crippen LogP contribution in [0, 0.1) is 5.92 Å². The number of hydrogen-bond acceptors (Lipinski definition) is 1. The molecule has 0 aromatic carbocycles. The van der Waals surface area contributed by atoms with Crippen molar-refractivity contribution in [2.45, 2.75) is 31.7 Å². The van der Waals surface area contributed by atoms with Gasteiger partial charge in [0.2, 0.25) is 0 Å². The molecule has 1 unspecified atom stereocenters. The second-order valence-electron chi connectivity index (χ2n) is 3.47. The Morgan fingerprint density at radius 3 is 2.50 bits per heavy atom. The van der Waals surface area contributed by atoms with Crippen LogP contribution in [0.5, 0.6) is 0 Å². The van der Waals surface area contributed by atoms with Gasteiger partial charge in [-0.3, -0.25) is 0 Å². The van der Waals surface area contributed by atoms with E-state index in [-0.39, 0.29) is 0 Å². The van der Waals surface area contributed by atoms with Crippen molar-refractivity contribution in [1.29, 1.82) is 0 Å². The second-order valence-corrected chi connectivity index (χ2v) is 3.47. The molecule has 1 saturated carbocycles. The largest absolute Gasteiger partial charge is 0.311 e. The van der Waals surface area contributed by atoms with Gasteiger partial charge < -0.3 is 5.32 Å². The Kier molecular flexibility index (Phi) is 0.762. The summed E-state index contributed by atoms with van der Waals surface area (Å²) in [5.41, 5.74) is 0.666. The lowest BCUT2D eigenvalue weighted by atomic mass is 10.1. The van der Waals surface area contributed by atoms with Crippen molar-refractivity contribution in [3.8, 4) is 0 Å². The van der Waals surface area contributed by atoms with Crippen molar-refractivity contribution in [2.75, 3.05) is 6.54 Å². The summed E-state index contributed by atoms with van der Waals surface area (Å²) in [5, 5.41) is 3.56. The van der Waals surface area contributed by atoms with Gasteiger partial charge >= 0.3 is 0 Å². The average Bonchev–Trinajstić information content (AvgIpc) is 2.34. The summed E-state index contributed by atoms with van der Waals surface area (Å²) < 4.78 is 0. The fourth-order valence-corrected chi connectivity index (χ4v) is 1.73. The van der Waals surface area contributed by atoms with Crippen LogP contribution in [-0.4, -0.2) is 12.1 Å². The fourth-order valence-electron chi connectivity index (χ4n) is 1.73. The lowest BCUT2D eigenvalue weighted by molar-refractivity contribution is 0.576. The molecule has 1 spiro atoms. The summed E-state index contributed by atoms with van der Waals surface area (Å²) in [4.78, 5) is 0. The Bertz CT molecular complexity index is 105. The molecule has 2 fully saturated rings. The molecule has 2 rings (SSSR count). The quantitative estimate of drug-likeness (QED) is 0.494. The summed E-state index contributed by atoms with van der Waals surface area (Å²) in [7, 11) is 0. The summed E-state index contributed by atoms with van der Waals surface area (Å²) in [6, 6.07) is 0. The Hall–Kier alpha value is -0.0400. The molecule has 1 aliphatic carbocycles. The van der Waals surface area contributed by atoms with E-state index in [1.807, 2.05) is 0 Å². The van der Waals surface area contributed by atoms with Crippen LogP contribution in [0.3, 0.4) is 0 Å². The zero-order valence-electron chi connectivity index (χ0n) is 5.41. The van der Waals surface area contributed by atoms with E-state index in [1.54, 1.807) is 0 Å². The van der Waals surface area contributed by atoms with E-state index in [0.29, 0.717) is 5.54 Å². The molecule has 0 radical (unpaired) electrons. The monoisotopic (exact) mass is 111 g/mol. The van der Waals surface area contributed by atoms with Gasteiger partial charge in [0.15, 0.2) is 0 Å². The van der Waals surface area contributed by atoms with Gasteiger partial charge in [-0.2, -0.15) is 0 Å². The molecular formula is C7H13N. The van der Waals surface area contributed by atoms with Crippen molar-refractivity contribution in [3.05, 3.63) is 0 Å². The van der Waals surface area contributed by atoms with E-state index in [1.165, 1.54) is 25.8 Å². The SMILES string of the molecule is CC1CNC2(CC2)C1. The van der Waals surface area contributed by atoms with E-state index >= 15 is 0 Å². The minimum atomic E-state index is 0.666.